The molecule has 110 valence electrons. The number of amides is 1. The average Bonchev–Trinajstić information content (AvgIpc) is 2.57. The van der Waals surface area contributed by atoms with Gasteiger partial charge in [-0.15, -0.1) is 0 Å². The molecule has 3 nitrogen and oxygen atoms in total. The largest absolute Gasteiger partial charge is 0.341 e. The number of carbonyl (C=O) groups excluding carboxylic acids is 1. The highest BCUT2D eigenvalue weighted by atomic mass is 19.1. The van der Waals surface area contributed by atoms with Crippen LogP contribution in [0.15, 0.2) is 18.2 Å². The van der Waals surface area contributed by atoms with Crippen LogP contribution in [0.25, 0.3) is 0 Å². The Labute approximate surface area is 117 Å². The van der Waals surface area contributed by atoms with Crippen molar-refractivity contribution in [2.45, 2.75) is 32.2 Å². The van der Waals surface area contributed by atoms with Crippen LogP contribution in [0.5, 0.6) is 0 Å². The van der Waals surface area contributed by atoms with E-state index in [4.69, 9.17) is 5.73 Å². The Kier molecular flexibility index (Phi) is 4.70. The van der Waals surface area contributed by atoms with Crippen molar-refractivity contribution in [3.63, 3.8) is 0 Å². The number of halogens is 2. The van der Waals surface area contributed by atoms with Crippen LogP contribution >= 0.6 is 0 Å². The van der Waals surface area contributed by atoms with Gasteiger partial charge in [-0.2, -0.15) is 0 Å². The van der Waals surface area contributed by atoms with Gasteiger partial charge in [0.2, 0.25) is 5.91 Å². The van der Waals surface area contributed by atoms with Gasteiger partial charge in [-0.05, 0) is 37.0 Å². The van der Waals surface area contributed by atoms with E-state index in [9.17, 15) is 13.6 Å². The van der Waals surface area contributed by atoms with Gasteiger partial charge in [0.25, 0.3) is 0 Å². The lowest BCUT2D eigenvalue weighted by atomic mass is 10.0. The van der Waals surface area contributed by atoms with Crippen molar-refractivity contribution < 1.29 is 13.6 Å². The molecule has 2 unspecified atom stereocenters. The Bertz CT molecular complexity index is 493. The molecule has 2 rings (SSSR count). The van der Waals surface area contributed by atoms with E-state index in [2.05, 4.69) is 6.92 Å². The summed E-state index contributed by atoms with van der Waals surface area (Å²) in [6, 6.07) is 2.52. The highest BCUT2D eigenvalue weighted by Crippen LogP contribution is 2.21. The predicted molar refractivity (Wildman–Crippen MR) is 72.9 cm³/mol. The number of carbonyl (C=O) groups is 1. The minimum atomic E-state index is -0.706. The van der Waals surface area contributed by atoms with E-state index in [-0.39, 0.29) is 18.0 Å². The SMILES string of the molecule is CC1CCC(=O)N(CC(N)c2cc(F)ccc2F)CC1. The summed E-state index contributed by atoms with van der Waals surface area (Å²) in [6.45, 7) is 2.97. The van der Waals surface area contributed by atoms with Gasteiger partial charge in [0, 0.05) is 25.1 Å². The summed E-state index contributed by atoms with van der Waals surface area (Å²) in [4.78, 5) is 13.6. The second-order valence-corrected chi connectivity index (χ2v) is 5.54. The fraction of sp³-hybridized carbons (Fsp3) is 0.533. The molecule has 2 atom stereocenters. The Hall–Kier alpha value is -1.49. The highest BCUT2D eigenvalue weighted by Gasteiger charge is 2.23. The molecule has 0 spiro atoms. The zero-order valence-electron chi connectivity index (χ0n) is 11.6. The van der Waals surface area contributed by atoms with Crippen LogP contribution in [0.4, 0.5) is 8.78 Å². The lowest BCUT2D eigenvalue weighted by Crippen LogP contribution is -2.37. The predicted octanol–water partition coefficient (Wildman–Crippen LogP) is 2.61. The number of nitrogens with two attached hydrogens (primary N) is 1. The maximum Gasteiger partial charge on any atom is 0.222 e. The quantitative estimate of drug-likeness (QED) is 0.926. The fourth-order valence-corrected chi connectivity index (χ4v) is 2.50. The van der Waals surface area contributed by atoms with Crippen LogP contribution in [0.3, 0.4) is 0 Å². The molecule has 5 heteroatoms. The second-order valence-electron chi connectivity index (χ2n) is 5.54. The smallest absolute Gasteiger partial charge is 0.222 e. The number of nitrogens with zero attached hydrogens (tertiary/aromatic N) is 1. The molecule has 1 aromatic carbocycles. The number of benzene rings is 1. The first-order chi connectivity index (χ1) is 9.47. The molecule has 1 aliphatic rings. The molecular formula is C15H20F2N2O. The first-order valence-electron chi connectivity index (χ1n) is 6.95. The lowest BCUT2D eigenvalue weighted by Gasteiger charge is -2.25. The molecule has 2 N–H and O–H groups in total. The van der Waals surface area contributed by atoms with Gasteiger partial charge in [0.05, 0.1) is 6.04 Å². The second kappa shape index (κ2) is 6.31. The van der Waals surface area contributed by atoms with Crippen LogP contribution in [-0.4, -0.2) is 23.9 Å². The van der Waals surface area contributed by atoms with Crippen molar-refractivity contribution in [2.75, 3.05) is 13.1 Å². The number of hydrogen-bond donors (Lipinski definition) is 1. The Morgan fingerprint density at radius 2 is 2.15 bits per heavy atom. The summed E-state index contributed by atoms with van der Waals surface area (Å²) in [6.07, 6.45) is 2.29. The third-order valence-corrected chi connectivity index (χ3v) is 3.87. The van der Waals surface area contributed by atoms with E-state index in [0.29, 0.717) is 18.9 Å². The third kappa shape index (κ3) is 3.54. The maximum absolute atomic E-state index is 13.7. The van der Waals surface area contributed by atoms with Gasteiger partial charge in [0.1, 0.15) is 11.6 Å². The van der Waals surface area contributed by atoms with Gasteiger partial charge in [0.15, 0.2) is 0 Å². The summed E-state index contributed by atoms with van der Waals surface area (Å²) in [7, 11) is 0. The Morgan fingerprint density at radius 3 is 2.90 bits per heavy atom. The number of rotatable bonds is 3. The Morgan fingerprint density at radius 1 is 1.40 bits per heavy atom. The van der Waals surface area contributed by atoms with Crippen LogP contribution in [0.1, 0.15) is 37.8 Å². The first-order valence-corrected chi connectivity index (χ1v) is 6.95. The van der Waals surface area contributed by atoms with E-state index in [1.807, 2.05) is 0 Å². The monoisotopic (exact) mass is 282 g/mol. The fourth-order valence-electron chi connectivity index (χ4n) is 2.50. The van der Waals surface area contributed by atoms with E-state index < -0.39 is 17.7 Å². The molecule has 1 amide bonds. The molecule has 0 radical (unpaired) electrons. The van der Waals surface area contributed by atoms with Crippen molar-refractivity contribution in [3.05, 3.63) is 35.4 Å². The van der Waals surface area contributed by atoms with E-state index in [1.165, 1.54) is 0 Å². The minimum Gasteiger partial charge on any atom is -0.341 e. The third-order valence-electron chi connectivity index (χ3n) is 3.87. The summed E-state index contributed by atoms with van der Waals surface area (Å²) in [5.74, 6) is -0.505. The van der Waals surface area contributed by atoms with Crippen LogP contribution in [0.2, 0.25) is 0 Å². The first kappa shape index (κ1) is 14.9. The number of hydrogen-bond acceptors (Lipinski definition) is 2. The van der Waals surface area contributed by atoms with Crippen LogP contribution in [-0.2, 0) is 4.79 Å². The summed E-state index contributed by atoms with van der Waals surface area (Å²) >= 11 is 0. The maximum atomic E-state index is 13.7. The summed E-state index contributed by atoms with van der Waals surface area (Å²) < 4.78 is 26.8. The molecule has 1 aromatic rings. The lowest BCUT2D eigenvalue weighted by molar-refractivity contribution is -0.130. The summed E-state index contributed by atoms with van der Waals surface area (Å²) in [5, 5.41) is 0. The van der Waals surface area contributed by atoms with Gasteiger partial charge in [-0.3, -0.25) is 4.79 Å². The molecule has 1 heterocycles. The minimum absolute atomic E-state index is 0.0432. The molecule has 0 aliphatic carbocycles. The van der Waals surface area contributed by atoms with Crippen molar-refractivity contribution in [1.82, 2.24) is 4.90 Å². The number of likely N-dealkylation sites (tertiary alicyclic amines) is 1. The molecule has 0 bridgehead atoms. The van der Waals surface area contributed by atoms with E-state index in [1.54, 1.807) is 4.90 Å². The molecule has 1 fully saturated rings. The molecule has 0 aromatic heterocycles. The van der Waals surface area contributed by atoms with Gasteiger partial charge < -0.3 is 10.6 Å². The van der Waals surface area contributed by atoms with Gasteiger partial charge in [-0.1, -0.05) is 6.92 Å². The normalized spacial score (nSPS) is 21.7. The van der Waals surface area contributed by atoms with Crippen LogP contribution < -0.4 is 5.73 Å². The summed E-state index contributed by atoms with van der Waals surface area (Å²) in [5.41, 5.74) is 6.06. The molecular weight excluding hydrogens is 262 g/mol. The van der Waals surface area contributed by atoms with Crippen molar-refractivity contribution >= 4 is 5.91 Å². The van der Waals surface area contributed by atoms with Crippen molar-refractivity contribution in [3.8, 4) is 0 Å². The van der Waals surface area contributed by atoms with E-state index in [0.717, 1.165) is 31.0 Å². The average molecular weight is 282 g/mol. The zero-order chi connectivity index (χ0) is 14.7. The molecule has 0 saturated carbocycles. The molecule has 1 aliphatic heterocycles. The van der Waals surface area contributed by atoms with Gasteiger partial charge in [-0.25, -0.2) is 8.78 Å². The Balaban J connectivity index is 2.08. The van der Waals surface area contributed by atoms with Crippen molar-refractivity contribution in [2.24, 2.45) is 11.7 Å². The van der Waals surface area contributed by atoms with Crippen LogP contribution in [0, 0.1) is 17.6 Å². The topological polar surface area (TPSA) is 46.3 Å². The van der Waals surface area contributed by atoms with Crippen molar-refractivity contribution in [1.29, 1.82) is 0 Å². The highest BCUT2D eigenvalue weighted by molar-refractivity contribution is 5.76. The zero-order valence-corrected chi connectivity index (χ0v) is 11.6. The standard InChI is InChI=1S/C15H20F2N2O/c1-10-2-5-15(20)19(7-6-10)9-14(18)12-8-11(16)3-4-13(12)17/h3-4,8,10,14H,2,5-7,9,18H2,1H3. The van der Waals surface area contributed by atoms with Gasteiger partial charge >= 0.3 is 0 Å². The molecule has 20 heavy (non-hydrogen) atoms. The molecule has 1 saturated heterocycles. The van der Waals surface area contributed by atoms with E-state index >= 15 is 0 Å².